The van der Waals surface area contributed by atoms with Crippen LogP contribution in [0.1, 0.15) is 36.5 Å². The van der Waals surface area contributed by atoms with Crippen LogP contribution in [-0.4, -0.2) is 20.8 Å². The Bertz CT molecular complexity index is 1050. The third-order valence-corrected chi connectivity index (χ3v) is 5.80. The minimum Gasteiger partial charge on any atom is -0.313 e. The number of carbonyl (C=O) groups excluding carboxylic acids is 1. The molecule has 0 aliphatic carbocycles. The molecule has 0 radical (unpaired) electrons. The van der Waals surface area contributed by atoms with E-state index in [1.807, 2.05) is 31.2 Å². The predicted molar refractivity (Wildman–Crippen MR) is 120 cm³/mol. The molecule has 2 aromatic carbocycles. The number of benzene rings is 2. The van der Waals surface area contributed by atoms with Gasteiger partial charge in [-0.3, -0.25) is 4.90 Å². The van der Waals surface area contributed by atoms with E-state index in [1.165, 1.54) is 6.42 Å². The number of rotatable bonds is 4. The van der Waals surface area contributed by atoms with Crippen molar-refractivity contribution < 1.29 is 4.79 Å². The first-order valence-corrected chi connectivity index (χ1v) is 10.8. The van der Waals surface area contributed by atoms with Crippen molar-refractivity contribution in [3.05, 3.63) is 69.7 Å². The summed E-state index contributed by atoms with van der Waals surface area (Å²) < 4.78 is 2.15. The number of aryl methyl sites for hydroxylation is 2. The van der Waals surface area contributed by atoms with Crippen LogP contribution in [0.5, 0.6) is 0 Å². The lowest BCUT2D eigenvalue weighted by atomic mass is 10.2. The average molecular weight is 444 g/mol. The highest BCUT2D eigenvalue weighted by molar-refractivity contribution is 6.36. The van der Waals surface area contributed by atoms with Crippen molar-refractivity contribution in [2.75, 3.05) is 10.2 Å². The molecule has 0 fully saturated rings. The molecular formula is C22H23Cl2N5O. The molecular weight excluding hydrogens is 421 g/mol. The largest absolute Gasteiger partial charge is 0.326 e. The number of nitrogens with zero attached hydrogens (tertiary/aromatic N) is 4. The topological polar surface area (TPSA) is 63.1 Å². The zero-order chi connectivity index (χ0) is 21.1. The van der Waals surface area contributed by atoms with E-state index in [0.29, 0.717) is 22.3 Å². The molecule has 4 rings (SSSR count). The van der Waals surface area contributed by atoms with Gasteiger partial charge in [0.1, 0.15) is 5.82 Å². The van der Waals surface area contributed by atoms with Crippen LogP contribution in [0, 0.1) is 6.92 Å². The van der Waals surface area contributed by atoms with Gasteiger partial charge in [0.05, 0.1) is 17.3 Å². The van der Waals surface area contributed by atoms with E-state index >= 15 is 0 Å². The number of fused-ring (bicyclic) bond motifs is 1. The second kappa shape index (κ2) is 9.06. The zero-order valence-electron chi connectivity index (χ0n) is 16.7. The lowest BCUT2D eigenvalue weighted by Crippen LogP contribution is -2.35. The Kier molecular flexibility index (Phi) is 6.25. The van der Waals surface area contributed by atoms with Crippen molar-refractivity contribution in [2.45, 2.75) is 45.7 Å². The second-order valence-corrected chi connectivity index (χ2v) is 8.31. The molecule has 8 heteroatoms. The first-order chi connectivity index (χ1) is 14.5. The summed E-state index contributed by atoms with van der Waals surface area (Å²) in [4.78, 5) is 14.9. The van der Waals surface area contributed by atoms with Gasteiger partial charge in [-0.05, 0) is 50.1 Å². The second-order valence-electron chi connectivity index (χ2n) is 7.47. The van der Waals surface area contributed by atoms with Crippen LogP contribution >= 0.6 is 23.2 Å². The summed E-state index contributed by atoms with van der Waals surface area (Å²) in [6, 6.07) is 12.5. The van der Waals surface area contributed by atoms with Gasteiger partial charge in [0.25, 0.3) is 0 Å². The maximum absolute atomic E-state index is 13.3. The average Bonchev–Trinajstić information content (AvgIpc) is 2.94. The predicted octanol–water partition coefficient (Wildman–Crippen LogP) is 5.86. The fourth-order valence-corrected chi connectivity index (χ4v) is 4.04. The number of anilines is 2. The minimum absolute atomic E-state index is 0.297. The molecule has 0 atom stereocenters. The molecule has 156 valence electrons. The van der Waals surface area contributed by atoms with E-state index in [2.05, 4.69) is 20.1 Å². The minimum atomic E-state index is -0.297. The van der Waals surface area contributed by atoms with Crippen molar-refractivity contribution in [3.8, 4) is 0 Å². The van der Waals surface area contributed by atoms with Gasteiger partial charge in [-0.1, -0.05) is 47.3 Å². The molecule has 1 N–H and O–H groups in total. The Balaban J connectivity index is 1.64. The lowest BCUT2D eigenvalue weighted by Gasteiger charge is -2.24. The molecule has 3 aromatic rings. The molecule has 0 unspecified atom stereocenters. The summed E-state index contributed by atoms with van der Waals surface area (Å²) in [7, 11) is 0. The van der Waals surface area contributed by atoms with Crippen molar-refractivity contribution in [1.29, 1.82) is 0 Å². The first kappa shape index (κ1) is 20.7. The summed E-state index contributed by atoms with van der Waals surface area (Å²) in [6.07, 6.45) is 4.31. The Morgan fingerprint density at radius 2 is 1.90 bits per heavy atom. The maximum Gasteiger partial charge on any atom is 0.326 e. The van der Waals surface area contributed by atoms with E-state index in [-0.39, 0.29) is 6.03 Å². The molecule has 6 nitrogen and oxygen atoms in total. The van der Waals surface area contributed by atoms with Crippen LogP contribution in [-0.2, 0) is 19.5 Å². The normalized spacial score (nSPS) is 13.4. The Labute approximate surface area is 185 Å². The highest BCUT2D eigenvalue weighted by atomic mass is 35.5. The summed E-state index contributed by atoms with van der Waals surface area (Å²) in [5.74, 6) is 1.78. The Hall–Kier alpha value is -2.57. The number of halogens is 2. The number of hydrogen-bond acceptors (Lipinski definition) is 3. The quantitative estimate of drug-likeness (QED) is 0.549. The third kappa shape index (κ3) is 4.60. The highest BCUT2D eigenvalue weighted by Crippen LogP contribution is 2.27. The molecule has 1 aromatic heterocycles. The van der Waals surface area contributed by atoms with E-state index in [0.717, 1.165) is 48.7 Å². The molecule has 0 spiro atoms. The molecule has 2 heterocycles. The Morgan fingerprint density at radius 1 is 1.10 bits per heavy atom. The van der Waals surface area contributed by atoms with Crippen LogP contribution in [0.4, 0.5) is 16.2 Å². The highest BCUT2D eigenvalue weighted by Gasteiger charge is 2.22. The summed E-state index contributed by atoms with van der Waals surface area (Å²) in [5, 5.41) is 12.5. The van der Waals surface area contributed by atoms with E-state index < -0.39 is 0 Å². The summed E-state index contributed by atoms with van der Waals surface area (Å²) in [5.41, 5.74) is 2.40. The number of carbonyl (C=O) groups is 1. The molecule has 0 saturated heterocycles. The molecule has 0 saturated carbocycles. The number of amides is 2. The molecule has 30 heavy (non-hydrogen) atoms. The fourth-order valence-electron chi connectivity index (χ4n) is 3.58. The van der Waals surface area contributed by atoms with Gasteiger partial charge in [0.2, 0.25) is 0 Å². The van der Waals surface area contributed by atoms with Gasteiger partial charge in [-0.15, -0.1) is 10.2 Å². The van der Waals surface area contributed by atoms with Gasteiger partial charge in [-0.2, -0.15) is 0 Å². The van der Waals surface area contributed by atoms with Crippen LogP contribution in [0.25, 0.3) is 0 Å². The van der Waals surface area contributed by atoms with Gasteiger partial charge < -0.3 is 9.88 Å². The van der Waals surface area contributed by atoms with Gasteiger partial charge in [-0.25, -0.2) is 4.79 Å². The lowest BCUT2D eigenvalue weighted by molar-refractivity contribution is 0.256. The molecule has 2 amide bonds. The van der Waals surface area contributed by atoms with E-state index in [4.69, 9.17) is 23.2 Å². The van der Waals surface area contributed by atoms with Crippen LogP contribution in [0.15, 0.2) is 42.5 Å². The maximum atomic E-state index is 13.3. The Morgan fingerprint density at radius 3 is 2.67 bits per heavy atom. The number of aromatic nitrogens is 3. The molecule has 1 aliphatic rings. The van der Waals surface area contributed by atoms with Crippen molar-refractivity contribution >= 4 is 40.6 Å². The van der Waals surface area contributed by atoms with Crippen LogP contribution < -0.4 is 10.2 Å². The summed E-state index contributed by atoms with van der Waals surface area (Å²) >= 11 is 12.2. The standard InChI is InChI=1S/C22H23Cl2N5O/c1-15-6-9-17(10-7-15)29(22(30)25-19-11-8-16(23)13-18(19)24)14-21-27-26-20-5-3-2-4-12-28(20)21/h6-11,13H,2-5,12,14H2,1H3,(H,25,30). The van der Waals surface area contributed by atoms with E-state index in [1.54, 1.807) is 23.1 Å². The number of urea groups is 1. The van der Waals surface area contributed by atoms with Crippen molar-refractivity contribution in [3.63, 3.8) is 0 Å². The zero-order valence-corrected chi connectivity index (χ0v) is 18.2. The summed E-state index contributed by atoms with van der Waals surface area (Å²) in [6.45, 7) is 3.21. The van der Waals surface area contributed by atoms with Crippen LogP contribution in [0.2, 0.25) is 10.0 Å². The van der Waals surface area contributed by atoms with Gasteiger partial charge >= 0.3 is 6.03 Å². The van der Waals surface area contributed by atoms with Crippen LogP contribution in [0.3, 0.4) is 0 Å². The number of nitrogens with one attached hydrogen (secondary N) is 1. The fraction of sp³-hybridized carbons (Fsp3) is 0.318. The smallest absolute Gasteiger partial charge is 0.313 e. The SMILES string of the molecule is Cc1ccc(N(Cc2nnc3n2CCCCC3)C(=O)Nc2ccc(Cl)cc2Cl)cc1. The first-order valence-electron chi connectivity index (χ1n) is 10.0. The number of hydrogen-bond donors (Lipinski definition) is 1. The van der Waals surface area contributed by atoms with E-state index in [9.17, 15) is 4.79 Å². The van der Waals surface area contributed by atoms with Crippen molar-refractivity contribution in [2.24, 2.45) is 0 Å². The van der Waals surface area contributed by atoms with Crippen molar-refractivity contribution in [1.82, 2.24) is 14.8 Å². The third-order valence-electron chi connectivity index (χ3n) is 5.25. The van der Waals surface area contributed by atoms with Gasteiger partial charge in [0.15, 0.2) is 5.82 Å². The monoisotopic (exact) mass is 443 g/mol. The molecule has 0 bridgehead atoms. The van der Waals surface area contributed by atoms with Gasteiger partial charge in [0, 0.05) is 23.7 Å². The molecule has 1 aliphatic heterocycles.